The van der Waals surface area contributed by atoms with Crippen molar-refractivity contribution in [1.29, 1.82) is 0 Å². The average Bonchev–Trinajstić information content (AvgIpc) is 2.36. The molecule has 0 spiro atoms. The van der Waals surface area contributed by atoms with Gasteiger partial charge in [0.25, 0.3) is 0 Å². The van der Waals surface area contributed by atoms with E-state index in [1.807, 2.05) is 12.1 Å². The molecule has 1 atom stereocenters. The number of aryl methyl sites for hydroxylation is 1. The van der Waals surface area contributed by atoms with E-state index in [0.717, 1.165) is 18.4 Å². The zero-order chi connectivity index (χ0) is 13.4. The van der Waals surface area contributed by atoms with Crippen molar-refractivity contribution in [1.82, 2.24) is 10.3 Å². The molecule has 1 aromatic rings. The number of pyridine rings is 1. The topological polar surface area (TPSA) is 68.0 Å². The Labute approximate surface area is 109 Å². The highest BCUT2D eigenvalue weighted by Crippen LogP contribution is 2.05. The Kier molecular flexibility index (Phi) is 6.36. The van der Waals surface area contributed by atoms with Crippen LogP contribution in [0.15, 0.2) is 24.5 Å². The van der Waals surface area contributed by atoms with E-state index >= 15 is 0 Å². The Morgan fingerprint density at radius 3 is 2.83 bits per heavy atom. The Morgan fingerprint density at radius 1 is 1.50 bits per heavy atom. The minimum absolute atomic E-state index is 0.0648. The summed E-state index contributed by atoms with van der Waals surface area (Å²) in [7, 11) is 0. The molecule has 0 aliphatic rings. The minimum atomic E-state index is 0.0648. The molecule has 18 heavy (non-hydrogen) atoms. The molecule has 0 aliphatic heterocycles. The monoisotopic (exact) mass is 249 g/mol. The van der Waals surface area contributed by atoms with Crippen LogP contribution in [0.5, 0.6) is 0 Å². The molecule has 1 amide bonds. The van der Waals surface area contributed by atoms with Crippen molar-refractivity contribution in [2.24, 2.45) is 11.7 Å². The highest BCUT2D eigenvalue weighted by atomic mass is 16.1. The number of nitrogens with one attached hydrogen (secondary N) is 1. The fourth-order valence-electron chi connectivity index (χ4n) is 1.89. The van der Waals surface area contributed by atoms with Gasteiger partial charge in [0.15, 0.2) is 0 Å². The van der Waals surface area contributed by atoms with E-state index in [9.17, 15) is 4.79 Å². The predicted octanol–water partition coefficient (Wildman–Crippen LogP) is 1.50. The molecule has 0 fully saturated rings. The molecule has 1 aromatic heterocycles. The molecule has 0 bridgehead atoms. The lowest BCUT2D eigenvalue weighted by Crippen LogP contribution is -2.41. The highest BCUT2D eigenvalue weighted by Gasteiger charge is 2.12. The summed E-state index contributed by atoms with van der Waals surface area (Å²) in [5, 5.41) is 2.98. The molecular weight excluding hydrogens is 226 g/mol. The molecule has 1 rings (SSSR count). The summed E-state index contributed by atoms with van der Waals surface area (Å²) < 4.78 is 0. The van der Waals surface area contributed by atoms with Crippen LogP contribution in [0.3, 0.4) is 0 Å². The fourth-order valence-corrected chi connectivity index (χ4v) is 1.89. The van der Waals surface area contributed by atoms with Gasteiger partial charge < -0.3 is 11.1 Å². The molecule has 4 nitrogen and oxygen atoms in total. The van der Waals surface area contributed by atoms with Gasteiger partial charge in [0.1, 0.15) is 0 Å². The van der Waals surface area contributed by atoms with E-state index in [0.29, 0.717) is 18.9 Å². The van der Waals surface area contributed by atoms with Crippen LogP contribution >= 0.6 is 0 Å². The normalized spacial score (nSPS) is 12.4. The smallest absolute Gasteiger partial charge is 0.220 e. The molecule has 0 saturated heterocycles. The second-order valence-corrected chi connectivity index (χ2v) is 4.99. The lowest BCUT2D eigenvalue weighted by atomic mass is 10.0. The first-order valence-electron chi connectivity index (χ1n) is 6.50. The second kappa shape index (κ2) is 7.82. The van der Waals surface area contributed by atoms with Crippen LogP contribution < -0.4 is 11.1 Å². The van der Waals surface area contributed by atoms with Crippen LogP contribution in [-0.4, -0.2) is 23.5 Å². The van der Waals surface area contributed by atoms with Crippen LogP contribution in [0.25, 0.3) is 0 Å². The number of amides is 1. The lowest BCUT2D eigenvalue weighted by molar-refractivity contribution is -0.121. The first-order chi connectivity index (χ1) is 8.61. The van der Waals surface area contributed by atoms with Crippen molar-refractivity contribution in [3.05, 3.63) is 30.1 Å². The average molecular weight is 249 g/mol. The molecule has 100 valence electrons. The zero-order valence-corrected chi connectivity index (χ0v) is 11.2. The van der Waals surface area contributed by atoms with Gasteiger partial charge in [-0.1, -0.05) is 19.9 Å². The van der Waals surface area contributed by atoms with E-state index in [1.54, 1.807) is 12.4 Å². The van der Waals surface area contributed by atoms with Crippen molar-refractivity contribution in [3.63, 3.8) is 0 Å². The maximum absolute atomic E-state index is 11.8. The first kappa shape index (κ1) is 14.6. The third-order valence-electron chi connectivity index (χ3n) is 2.77. The van der Waals surface area contributed by atoms with Crippen molar-refractivity contribution in [2.75, 3.05) is 6.54 Å². The van der Waals surface area contributed by atoms with Gasteiger partial charge in [-0.25, -0.2) is 0 Å². The Bertz CT molecular complexity index is 351. The van der Waals surface area contributed by atoms with E-state index in [-0.39, 0.29) is 11.9 Å². The van der Waals surface area contributed by atoms with Gasteiger partial charge in [-0.2, -0.15) is 0 Å². The van der Waals surface area contributed by atoms with Gasteiger partial charge >= 0.3 is 0 Å². The minimum Gasteiger partial charge on any atom is -0.352 e. The van der Waals surface area contributed by atoms with Crippen LogP contribution in [-0.2, 0) is 11.2 Å². The predicted molar refractivity (Wildman–Crippen MR) is 73.0 cm³/mol. The SMILES string of the molecule is CC(C)CC(CN)NC(=O)CCc1cccnc1. The largest absolute Gasteiger partial charge is 0.352 e. The highest BCUT2D eigenvalue weighted by molar-refractivity contribution is 5.76. The van der Waals surface area contributed by atoms with Crippen LogP contribution in [0, 0.1) is 5.92 Å². The first-order valence-corrected chi connectivity index (χ1v) is 6.50. The summed E-state index contributed by atoms with van der Waals surface area (Å²) in [6.07, 6.45) is 5.66. The third-order valence-corrected chi connectivity index (χ3v) is 2.77. The Balaban J connectivity index is 2.32. The summed E-state index contributed by atoms with van der Waals surface area (Å²) in [4.78, 5) is 15.8. The molecule has 1 heterocycles. The number of rotatable bonds is 7. The summed E-state index contributed by atoms with van der Waals surface area (Å²) in [5.74, 6) is 0.604. The standard InChI is InChI=1S/C14H23N3O/c1-11(2)8-13(9-15)17-14(18)6-5-12-4-3-7-16-10-12/h3-4,7,10-11,13H,5-6,8-9,15H2,1-2H3,(H,17,18). The zero-order valence-electron chi connectivity index (χ0n) is 11.2. The second-order valence-electron chi connectivity index (χ2n) is 4.99. The Hall–Kier alpha value is -1.42. The number of nitrogens with two attached hydrogens (primary N) is 1. The lowest BCUT2D eigenvalue weighted by Gasteiger charge is -2.18. The maximum atomic E-state index is 11.8. The number of carbonyl (C=O) groups is 1. The van der Waals surface area contributed by atoms with E-state index in [4.69, 9.17) is 5.73 Å². The van der Waals surface area contributed by atoms with E-state index in [2.05, 4.69) is 24.1 Å². The van der Waals surface area contributed by atoms with Gasteiger partial charge in [-0.05, 0) is 30.4 Å². The van der Waals surface area contributed by atoms with Crippen LogP contribution in [0.1, 0.15) is 32.3 Å². The van der Waals surface area contributed by atoms with Crippen molar-refractivity contribution in [2.45, 2.75) is 39.2 Å². The van der Waals surface area contributed by atoms with Crippen LogP contribution in [0.4, 0.5) is 0 Å². The molecule has 0 aliphatic carbocycles. The maximum Gasteiger partial charge on any atom is 0.220 e. The Morgan fingerprint density at radius 2 is 2.28 bits per heavy atom. The number of hydrogen-bond acceptors (Lipinski definition) is 3. The van der Waals surface area contributed by atoms with Gasteiger partial charge in [0.2, 0.25) is 5.91 Å². The summed E-state index contributed by atoms with van der Waals surface area (Å²) >= 11 is 0. The molecule has 4 heteroatoms. The van der Waals surface area contributed by atoms with Gasteiger partial charge in [-0.3, -0.25) is 9.78 Å². The molecule has 3 N–H and O–H groups in total. The molecule has 1 unspecified atom stereocenters. The van der Waals surface area contributed by atoms with E-state index < -0.39 is 0 Å². The van der Waals surface area contributed by atoms with Crippen molar-refractivity contribution >= 4 is 5.91 Å². The molecule has 0 radical (unpaired) electrons. The molecular formula is C14H23N3O. The number of aromatic nitrogens is 1. The van der Waals surface area contributed by atoms with Crippen molar-refractivity contribution < 1.29 is 4.79 Å². The summed E-state index contributed by atoms with van der Waals surface area (Å²) in [5.41, 5.74) is 6.74. The number of carbonyl (C=O) groups excluding carboxylic acids is 1. The molecule has 0 saturated carbocycles. The van der Waals surface area contributed by atoms with Gasteiger partial charge in [0.05, 0.1) is 0 Å². The quantitative estimate of drug-likeness (QED) is 0.769. The molecule has 0 aromatic carbocycles. The summed E-state index contributed by atoms with van der Waals surface area (Å²) in [6.45, 7) is 4.76. The van der Waals surface area contributed by atoms with Crippen LogP contribution in [0.2, 0.25) is 0 Å². The van der Waals surface area contributed by atoms with Gasteiger partial charge in [-0.15, -0.1) is 0 Å². The van der Waals surface area contributed by atoms with Crippen molar-refractivity contribution in [3.8, 4) is 0 Å². The number of hydrogen-bond donors (Lipinski definition) is 2. The summed E-state index contributed by atoms with van der Waals surface area (Å²) in [6, 6.07) is 3.95. The third kappa shape index (κ3) is 5.77. The van der Waals surface area contributed by atoms with Gasteiger partial charge in [0, 0.05) is 31.4 Å². The number of nitrogens with zero attached hydrogens (tertiary/aromatic N) is 1. The van der Waals surface area contributed by atoms with E-state index in [1.165, 1.54) is 0 Å². The fraction of sp³-hybridized carbons (Fsp3) is 0.571.